The highest BCUT2D eigenvalue weighted by molar-refractivity contribution is 7.99. The van der Waals surface area contributed by atoms with Gasteiger partial charge in [0.05, 0.1) is 0 Å². The fraction of sp³-hybridized carbons (Fsp3) is 0.200. The number of ether oxygens (including phenoxy) is 1. The summed E-state index contributed by atoms with van der Waals surface area (Å²) in [5.74, 6) is 1.50. The van der Waals surface area contributed by atoms with E-state index in [2.05, 4.69) is 11.1 Å². The van der Waals surface area contributed by atoms with Gasteiger partial charge in [-0.15, -0.1) is 11.8 Å². The molecule has 0 atom stereocenters. The number of nitrogens with two attached hydrogens (primary N) is 1. The van der Waals surface area contributed by atoms with Gasteiger partial charge in [-0.1, -0.05) is 6.07 Å². The summed E-state index contributed by atoms with van der Waals surface area (Å²) in [4.78, 5) is 16.8. The van der Waals surface area contributed by atoms with Crippen molar-refractivity contribution in [1.82, 2.24) is 4.98 Å². The Balaban J connectivity index is 1.93. The molecule has 0 fully saturated rings. The van der Waals surface area contributed by atoms with E-state index in [1.807, 2.05) is 30.8 Å². The van der Waals surface area contributed by atoms with Gasteiger partial charge in [0, 0.05) is 16.8 Å². The summed E-state index contributed by atoms with van der Waals surface area (Å²) in [6.07, 6.45) is 2.75. The molecule has 0 bridgehead atoms. The summed E-state index contributed by atoms with van der Waals surface area (Å²) in [5.41, 5.74) is 7.88. The molecule has 2 N–H and O–H groups in total. The maximum atomic E-state index is 11.4. The highest BCUT2D eigenvalue weighted by atomic mass is 32.2. The molecule has 1 amide bonds. The van der Waals surface area contributed by atoms with Crippen molar-refractivity contribution in [3.8, 4) is 11.6 Å². The largest absolute Gasteiger partial charge is 0.438 e. The fourth-order valence-corrected chi connectivity index (χ4v) is 3.23. The number of hydrogen-bond donors (Lipinski definition) is 1. The third-order valence-corrected chi connectivity index (χ3v) is 4.23. The summed E-state index contributed by atoms with van der Waals surface area (Å²) in [5, 5.41) is 0. The molecule has 0 unspecified atom stereocenters. The summed E-state index contributed by atoms with van der Waals surface area (Å²) < 4.78 is 5.73. The highest BCUT2D eigenvalue weighted by Gasteiger charge is 2.15. The molecule has 0 aliphatic carbocycles. The minimum absolute atomic E-state index is 0.256. The Kier molecular flexibility index (Phi) is 3.36. The number of fused-ring (bicyclic) bond motifs is 1. The third kappa shape index (κ3) is 2.49. The van der Waals surface area contributed by atoms with Crippen molar-refractivity contribution in [3.05, 3.63) is 47.2 Å². The number of aromatic nitrogens is 1. The van der Waals surface area contributed by atoms with E-state index in [0.717, 1.165) is 17.7 Å². The number of nitrogens with zero attached hydrogens (tertiary/aromatic N) is 1. The van der Waals surface area contributed by atoms with E-state index < -0.39 is 5.91 Å². The lowest BCUT2D eigenvalue weighted by Gasteiger charge is -2.09. The third-order valence-electron chi connectivity index (χ3n) is 3.14. The molecule has 5 heteroatoms. The van der Waals surface area contributed by atoms with Crippen molar-refractivity contribution in [2.75, 3.05) is 5.75 Å². The molecule has 0 saturated heterocycles. The van der Waals surface area contributed by atoms with Crippen LogP contribution in [0.5, 0.6) is 11.6 Å². The average molecular weight is 286 g/mol. The molecule has 102 valence electrons. The molecule has 2 aromatic rings. The van der Waals surface area contributed by atoms with Gasteiger partial charge in [-0.3, -0.25) is 4.79 Å². The van der Waals surface area contributed by atoms with E-state index in [4.69, 9.17) is 10.5 Å². The number of primary amides is 1. The van der Waals surface area contributed by atoms with E-state index in [-0.39, 0.29) is 5.88 Å². The summed E-state index contributed by atoms with van der Waals surface area (Å²) >= 11 is 1.81. The summed E-state index contributed by atoms with van der Waals surface area (Å²) in [6, 6.07) is 7.63. The quantitative estimate of drug-likeness (QED) is 0.942. The Morgan fingerprint density at radius 2 is 2.25 bits per heavy atom. The minimum atomic E-state index is -0.535. The molecule has 1 aliphatic rings. The number of aryl methyl sites for hydroxylation is 2. The van der Waals surface area contributed by atoms with E-state index >= 15 is 0 Å². The van der Waals surface area contributed by atoms with Crippen LogP contribution in [0.25, 0.3) is 0 Å². The standard InChI is InChI=1S/C15H14N2O2S/c1-9-6-12(14(16)18)15(17-8-9)19-11-3-2-10-4-5-20-13(10)7-11/h2-3,6-8H,4-5H2,1H3,(H2,16,18). The van der Waals surface area contributed by atoms with Crippen LogP contribution in [-0.4, -0.2) is 16.6 Å². The second-order valence-corrected chi connectivity index (χ2v) is 5.84. The van der Waals surface area contributed by atoms with Gasteiger partial charge >= 0.3 is 0 Å². The summed E-state index contributed by atoms with van der Waals surface area (Å²) in [7, 11) is 0. The molecule has 0 spiro atoms. The first kappa shape index (κ1) is 13.0. The number of benzene rings is 1. The maximum Gasteiger partial charge on any atom is 0.254 e. The van der Waals surface area contributed by atoms with E-state index in [9.17, 15) is 4.79 Å². The Hall–Kier alpha value is -2.01. The van der Waals surface area contributed by atoms with Crippen molar-refractivity contribution < 1.29 is 9.53 Å². The Morgan fingerprint density at radius 1 is 1.40 bits per heavy atom. The average Bonchev–Trinajstić information content (AvgIpc) is 2.88. The van der Waals surface area contributed by atoms with Crippen LogP contribution in [-0.2, 0) is 6.42 Å². The molecule has 2 heterocycles. The van der Waals surface area contributed by atoms with Crippen molar-refractivity contribution >= 4 is 17.7 Å². The van der Waals surface area contributed by atoms with Crippen molar-refractivity contribution in [2.45, 2.75) is 18.2 Å². The van der Waals surface area contributed by atoms with Crippen molar-refractivity contribution in [3.63, 3.8) is 0 Å². The van der Waals surface area contributed by atoms with Crippen molar-refractivity contribution in [2.24, 2.45) is 5.73 Å². The molecule has 1 aromatic heterocycles. The molecular weight excluding hydrogens is 272 g/mol. The van der Waals surface area contributed by atoms with Gasteiger partial charge in [-0.05, 0) is 42.7 Å². The first-order valence-corrected chi connectivity index (χ1v) is 7.32. The van der Waals surface area contributed by atoms with Crippen LogP contribution >= 0.6 is 11.8 Å². The molecular formula is C15H14N2O2S. The number of carbonyl (C=O) groups excluding carboxylic acids is 1. The van der Waals surface area contributed by atoms with Gasteiger partial charge in [-0.2, -0.15) is 0 Å². The van der Waals surface area contributed by atoms with Gasteiger partial charge < -0.3 is 10.5 Å². The molecule has 0 saturated carbocycles. The normalized spacial score (nSPS) is 13.1. The molecule has 1 aliphatic heterocycles. The molecule has 3 rings (SSSR count). The first-order chi connectivity index (χ1) is 9.63. The number of rotatable bonds is 3. The van der Waals surface area contributed by atoms with Crippen molar-refractivity contribution in [1.29, 1.82) is 0 Å². The van der Waals surface area contributed by atoms with Crippen LogP contribution in [0.1, 0.15) is 21.5 Å². The predicted octanol–water partition coefficient (Wildman–Crippen LogP) is 2.93. The smallest absolute Gasteiger partial charge is 0.254 e. The number of thioether (sulfide) groups is 1. The zero-order valence-corrected chi connectivity index (χ0v) is 11.9. The van der Waals surface area contributed by atoms with Gasteiger partial charge in [0.25, 0.3) is 5.91 Å². The second kappa shape index (κ2) is 5.17. The highest BCUT2D eigenvalue weighted by Crippen LogP contribution is 2.35. The van der Waals surface area contributed by atoms with Crippen LogP contribution < -0.4 is 10.5 Å². The SMILES string of the molecule is Cc1cnc(Oc2ccc3c(c2)SCC3)c(C(N)=O)c1. The minimum Gasteiger partial charge on any atom is -0.438 e. The zero-order valence-electron chi connectivity index (χ0n) is 11.1. The van der Waals surface area contributed by atoms with E-state index in [1.165, 1.54) is 10.5 Å². The Labute approximate surface area is 121 Å². The number of hydrogen-bond acceptors (Lipinski definition) is 4. The van der Waals surface area contributed by atoms with Gasteiger partial charge in [0.1, 0.15) is 11.3 Å². The molecule has 4 nitrogen and oxygen atoms in total. The molecule has 1 aromatic carbocycles. The van der Waals surface area contributed by atoms with Gasteiger partial charge in [0.15, 0.2) is 0 Å². The maximum absolute atomic E-state index is 11.4. The van der Waals surface area contributed by atoms with E-state index in [0.29, 0.717) is 11.3 Å². The van der Waals surface area contributed by atoms with Crippen LogP contribution in [0, 0.1) is 6.92 Å². The Morgan fingerprint density at radius 3 is 3.05 bits per heavy atom. The number of pyridine rings is 1. The summed E-state index contributed by atoms with van der Waals surface area (Å²) in [6.45, 7) is 1.86. The Bertz CT molecular complexity index is 686. The monoisotopic (exact) mass is 286 g/mol. The van der Waals surface area contributed by atoms with Crippen LogP contribution in [0.3, 0.4) is 0 Å². The van der Waals surface area contributed by atoms with Crippen LogP contribution in [0.4, 0.5) is 0 Å². The number of amides is 1. The van der Waals surface area contributed by atoms with Crippen LogP contribution in [0.15, 0.2) is 35.4 Å². The topological polar surface area (TPSA) is 65.2 Å². The van der Waals surface area contributed by atoms with Crippen LogP contribution in [0.2, 0.25) is 0 Å². The molecule has 0 radical (unpaired) electrons. The zero-order chi connectivity index (χ0) is 14.1. The first-order valence-electron chi connectivity index (χ1n) is 6.33. The lowest BCUT2D eigenvalue weighted by Crippen LogP contribution is -2.13. The molecule has 20 heavy (non-hydrogen) atoms. The lowest BCUT2D eigenvalue weighted by atomic mass is 10.2. The van der Waals surface area contributed by atoms with E-state index in [1.54, 1.807) is 12.3 Å². The van der Waals surface area contributed by atoms with Gasteiger partial charge in [0.2, 0.25) is 5.88 Å². The predicted molar refractivity (Wildman–Crippen MR) is 78.4 cm³/mol. The number of carbonyl (C=O) groups is 1. The second-order valence-electron chi connectivity index (χ2n) is 4.70. The van der Waals surface area contributed by atoms with Gasteiger partial charge in [-0.25, -0.2) is 4.98 Å². The fourth-order valence-electron chi connectivity index (χ4n) is 2.14. The lowest BCUT2D eigenvalue weighted by molar-refractivity contribution is 0.0997.